The van der Waals surface area contributed by atoms with Crippen LogP contribution in [-0.4, -0.2) is 49.6 Å². The quantitative estimate of drug-likeness (QED) is 0.714. The Balaban J connectivity index is 1.87. The highest BCUT2D eigenvalue weighted by Crippen LogP contribution is 2.30. The van der Waals surface area contributed by atoms with Crippen LogP contribution in [0.3, 0.4) is 0 Å². The minimum Gasteiger partial charge on any atom is -0.491 e. The molecule has 0 saturated carbocycles. The normalized spacial score (nSPS) is 14.3. The fourth-order valence-corrected chi connectivity index (χ4v) is 2.34. The fourth-order valence-electron chi connectivity index (χ4n) is 2.34. The Morgan fingerprint density at radius 2 is 2.04 bits per heavy atom. The first-order chi connectivity index (χ1) is 12.9. The Morgan fingerprint density at radius 1 is 1.30 bits per heavy atom. The summed E-state index contributed by atoms with van der Waals surface area (Å²) in [5.41, 5.74) is 0.467. The Bertz CT molecular complexity index is 721. The number of carbonyl (C=O) groups excluding carboxylic acids is 4. The Kier molecular flexibility index (Phi) is 7.16. The zero-order chi connectivity index (χ0) is 19.8. The van der Waals surface area contributed by atoms with Gasteiger partial charge in [-0.25, -0.2) is 4.79 Å². The number of anilines is 1. The average molecular weight is 377 g/mol. The van der Waals surface area contributed by atoms with Gasteiger partial charge in [0.1, 0.15) is 12.3 Å². The van der Waals surface area contributed by atoms with Crippen LogP contribution in [0.25, 0.3) is 0 Å². The van der Waals surface area contributed by atoms with Gasteiger partial charge in [0.2, 0.25) is 5.91 Å². The number of hydrogen-bond donors (Lipinski definition) is 2. The van der Waals surface area contributed by atoms with E-state index in [-0.39, 0.29) is 31.5 Å². The Labute approximate surface area is 157 Å². The molecule has 4 amide bonds. The number of urea groups is 1. The minimum atomic E-state index is -0.766. The molecule has 2 rings (SSSR count). The van der Waals surface area contributed by atoms with Gasteiger partial charge in [-0.3, -0.25) is 24.6 Å². The molecule has 27 heavy (non-hydrogen) atoms. The number of ether oxygens (including phenoxy) is 2. The van der Waals surface area contributed by atoms with Gasteiger partial charge in [-0.15, -0.1) is 0 Å². The molecular formula is C18H23N3O6. The van der Waals surface area contributed by atoms with E-state index in [1.807, 2.05) is 6.92 Å². The summed E-state index contributed by atoms with van der Waals surface area (Å²) in [4.78, 5) is 48.8. The summed E-state index contributed by atoms with van der Waals surface area (Å²) < 4.78 is 10.4. The number of rotatable bonds is 6. The molecule has 2 N–H and O–H groups in total. The van der Waals surface area contributed by atoms with Crippen molar-refractivity contribution < 1.29 is 28.7 Å². The molecule has 0 unspecified atom stereocenters. The smallest absolute Gasteiger partial charge is 0.326 e. The first-order valence-corrected chi connectivity index (χ1v) is 8.68. The van der Waals surface area contributed by atoms with Crippen LogP contribution in [-0.2, 0) is 19.1 Å². The van der Waals surface area contributed by atoms with Crippen molar-refractivity contribution in [2.24, 2.45) is 0 Å². The number of para-hydroxylation sites is 2. The molecule has 0 bridgehead atoms. The van der Waals surface area contributed by atoms with E-state index in [2.05, 4.69) is 10.6 Å². The van der Waals surface area contributed by atoms with E-state index in [4.69, 9.17) is 9.47 Å². The molecule has 0 aliphatic carbocycles. The second-order valence-corrected chi connectivity index (χ2v) is 6.04. The summed E-state index contributed by atoms with van der Waals surface area (Å²) in [6.07, 6.45) is 0.837. The van der Waals surface area contributed by atoms with E-state index in [0.717, 1.165) is 0 Å². The van der Waals surface area contributed by atoms with Crippen molar-refractivity contribution in [2.45, 2.75) is 32.7 Å². The Hall–Kier alpha value is -3.10. The van der Waals surface area contributed by atoms with Crippen LogP contribution in [0.1, 0.15) is 26.7 Å². The van der Waals surface area contributed by atoms with Crippen LogP contribution >= 0.6 is 0 Å². The maximum atomic E-state index is 12.2. The van der Waals surface area contributed by atoms with Gasteiger partial charge in [0.05, 0.1) is 18.7 Å². The highest BCUT2D eigenvalue weighted by molar-refractivity contribution is 6.00. The highest BCUT2D eigenvalue weighted by atomic mass is 16.5. The van der Waals surface area contributed by atoms with E-state index < -0.39 is 24.5 Å². The number of fused-ring (bicyclic) bond motifs is 1. The number of hydrogen-bond acceptors (Lipinski definition) is 6. The molecule has 9 nitrogen and oxygen atoms in total. The van der Waals surface area contributed by atoms with Crippen LogP contribution in [0.5, 0.6) is 5.75 Å². The molecular weight excluding hydrogens is 354 g/mol. The van der Waals surface area contributed by atoms with Crippen LogP contribution in [0, 0.1) is 0 Å². The molecule has 1 atom stereocenters. The van der Waals surface area contributed by atoms with Gasteiger partial charge in [0.15, 0.2) is 6.61 Å². The predicted molar refractivity (Wildman–Crippen MR) is 96.3 cm³/mol. The minimum absolute atomic E-state index is 0.0864. The second-order valence-electron chi connectivity index (χ2n) is 6.04. The van der Waals surface area contributed by atoms with Gasteiger partial charge in [-0.05, 0) is 25.5 Å². The molecule has 0 aromatic heterocycles. The lowest BCUT2D eigenvalue weighted by Crippen LogP contribution is -2.45. The van der Waals surface area contributed by atoms with Gasteiger partial charge in [0.25, 0.3) is 5.91 Å². The first-order valence-electron chi connectivity index (χ1n) is 8.68. The van der Waals surface area contributed by atoms with Crippen molar-refractivity contribution in [1.82, 2.24) is 10.6 Å². The van der Waals surface area contributed by atoms with Crippen molar-refractivity contribution in [3.8, 4) is 5.75 Å². The summed E-state index contributed by atoms with van der Waals surface area (Å²) in [6.45, 7) is 2.93. The summed E-state index contributed by atoms with van der Waals surface area (Å²) in [5.74, 6) is -1.31. The molecule has 1 aliphatic rings. The standard InChI is InChI=1S/C18H23N3O6/c1-3-12(2)19-18(25)20-15(22)11-27-17(24)10-21-13-6-4-5-7-14(13)26-9-8-16(21)23/h4-7,12H,3,8-11H2,1-2H3,(H2,19,20,22,25)/t12-/m0/s1. The number of amides is 4. The average Bonchev–Trinajstić information content (AvgIpc) is 2.79. The molecule has 0 saturated heterocycles. The SMILES string of the molecule is CC[C@H](C)NC(=O)NC(=O)COC(=O)CN1C(=O)CCOc2ccccc21. The summed E-state index contributed by atoms with van der Waals surface area (Å²) in [7, 11) is 0. The van der Waals surface area contributed by atoms with Crippen molar-refractivity contribution in [2.75, 3.05) is 24.7 Å². The molecule has 0 fully saturated rings. The van der Waals surface area contributed by atoms with Crippen molar-refractivity contribution in [3.05, 3.63) is 24.3 Å². The summed E-state index contributed by atoms with van der Waals surface area (Å²) in [6, 6.07) is 6.12. The van der Waals surface area contributed by atoms with Crippen LogP contribution in [0.4, 0.5) is 10.5 Å². The number of carbonyl (C=O) groups is 4. The lowest BCUT2D eigenvalue weighted by atomic mass is 10.2. The van der Waals surface area contributed by atoms with Gasteiger partial charge >= 0.3 is 12.0 Å². The van der Waals surface area contributed by atoms with Gasteiger partial charge < -0.3 is 14.8 Å². The molecule has 0 spiro atoms. The maximum Gasteiger partial charge on any atom is 0.326 e. The van der Waals surface area contributed by atoms with E-state index in [9.17, 15) is 19.2 Å². The lowest BCUT2D eigenvalue weighted by molar-refractivity contribution is -0.147. The number of benzene rings is 1. The topological polar surface area (TPSA) is 114 Å². The predicted octanol–water partition coefficient (Wildman–Crippen LogP) is 0.970. The fraction of sp³-hybridized carbons (Fsp3) is 0.444. The van der Waals surface area contributed by atoms with Gasteiger partial charge in [-0.1, -0.05) is 19.1 Å². The summed E-state index contributed by atoms with van der Waals surface area (Å²) in [5, 5.41) is 4.63. The third-order valence-corrected chi connectivity index (χ3v) is 3.92. The van der Waals surface area contributed by atoms with Gasteiger partial charge in [-0.2, -0.15) is 0 Å². The second kappa shape index (κ2) is 9.56. The lowest BCUT2D eigenvalue weighted by Gasteiger charge is -2.20. The third-order valence-electron chi connectivity index (χ3n) is 3.92. The molecule has 146 valence electrons. The molecule has 1 heterocycles. The molecule has 1 aromatic carbocycles. The van der Waals surface area contributed by atoms with E-state index in [1.54, 1.807) is 31.2 Å². The van der Waals surface area contributed by atoms with E-state index in [1.165, 1.54) is 4.90 Å². The number of esters is 1. The zero-order valence-corrected chi connectivity index (χ0v) is 15.3. The zero-order valence-electron chi connectivity index (χ0n) is 15.3. The van der Waals surface area contributed by atoms with Crippen molar-refractivity contribution in [3.63, 3.8) is 0 Å². The first kappa shape index (κ1) is 20.2. The van der Waals surface area contributed by atoms with E-state index in [0.29, 0.717) is 17.9 Å². The number of imide groups is 1. The molecule has 1 aromatic rings. The number of nitrogens with zero attached hydrogens (tertiary/aromatic N) is 1. The maximum absolute atomic E-state index is 12.2. The summed E-state index contributed by atoms with van der Waals surface area (Å²) >= 11 is 0. The monoisotopic (exact) mass is 377 g/mol. The number of nitrogens with one attached hydrogen (secondary N) is 2. The highest BCUT2D eigenvalue weighted by Gasteiger charge is 2.26. The van der Waals surface area contributed by atoms with Crippen LogP contribution < -0.4 is 20.3 Å². The largest absolute Gasteiger partial charge is 0.491 e. The van der Waals surface area contributed by atoms with Crippen LogP contribution in [0.15, 0.2) is 24.3 Å². The third kappa shape index (κ3) is 5.98. The molecule has 1 aliphatic heterocycles. The van der Waals surface area contributed by atoms with Crippen molar-refractivity contribution >= 4 is 29.5 Å². The van der Waals surface area contributed by atoms with Crippen molar-refractivity contribution in [1.29, 1.82) is 0 Å². The molecule has 9 heteroatoms. The Morgan fingerprint density at radius 3 is 2.78 bits per heavy atom. The van der Waals surface area contributed by atoms with Gasteiger partial charge in [0, 0.05) is 6.04 Å². The molecule has 0 radical (unpaired) electrons. The van der Waals surface area contributed by atoms with Crippen LogP contribution in [0.2, 0.25) is 0 Å². The van der Waals surface area contributed by atoms with E-state index >= 15 is 0 Å².